The molecule has 0 aromatic heterocycles. The van der Waals surface area contributed by atoms with Crippen LogP contribution in [0, 0.1) is 5.92 Å². The highest BCUT2D eigenvalue weighted by molar-refractivity contribution is 5.78. The molecule has 122 valence electrons. The van der Waals surface area contributed by atoms with E-state index in [-0.39, 0.29) is 12.0 Å². The average Bonchev–Trinajstić information content (AvgIpc) is 2.49. The molecule has 5 nitrogen and oxygen atoms in total. The quantitative estimate of drug-likeness (QED) is 0.854. The van der Waals surface area contributed by atoms with Crippen molar-refractivity contribution < 1.29 is 9.90 Å². The molecule has 0 aliphatic carbocycles. The zero-order valence-electron chi connectivity index (χ0n) is 13.7. The number of anilines is 1. The number of aliphatic hydroxyl groups excluding tert-OH is 1. The molecule has 0 saturated carbocycles. The summed E-state index contributed by atoms with van der Waals surface area (Å²) in [5, 5.41) is 12.8. The van der Waals surface area contributed by atoms with Crippen LogP contribution in [0.25, 0.3) is 0 Å². The molecule has 2 rings (SSSR count). The zero-order chi connectivity index (χ0) is 16.1. The Hall–Kier alpha value is -1.59. The van der Waals surface area contributed by atoms with E-state index < -0.39 is 0 Å². The van der Waals surface area contributed by atoms with Gasteiger partial charge in [-0.2, -0.15) is 0 Å². The first-order chi connectivity index (χ1) is 10.5. The van der Waals surface area contributed by atoms with Gasteiger partial charge in [0.25, 0.3) is 0 Å². The summed E-state index contributed by atoms with van der Waals surface area (Å²) in [5.41, 5.74) is 2.23. The number of nitrogens with one attached hydrogen (secondary N) is 1. The smallest absolute Gasteiger partial charge is 0.234 e. The standard InChI is InChI=1S/C17H27N3O2/c1-13-8-9-20(11-16(13)21)12-17(22)18-10-14-4-6-15(7-5-14)19(2)3/h4-7,13,16,21H,8-12H2,1-3H3,(H,18,22). The van der Waals surface area contributed by atoms with E-state index in [0.717, 1.165) is 24.2 Å². The number of hydrogen-bond acceptors (Lipinski definition) is 4. The van der Waals surface area contributed by atoms with Crippen LogP contribution in [0.5, 0.6) is 0 Å². The largest absolute Gasteiger partial charge is 0.392 e. The van der Waals surface area contributed by atoms with Crippen molar-refractivity contribution in [3.63, 3.8) is 0 Å². The highest BCUT2D eigenvalue weighted by Crippen LogP contribution is 2.16. The monoisotopic (exact) mass is 305 g/mol. The molecule has 5 heteroatoms. The highest BCUT2D eigenvalue weighted by Gasteiger charge is 2.25. The number of rotatable bonds is 5. The Labute approximate surface area is 132 Å². The van der Waals surface area contributed by atoms with Crippen LogP contribution in [0.1, 0.15) is 18.9 Å². The maximum absolute atomic E-state index is 12.0. The van der Waals surface area contributed by atoms with Crippen molar-refractivity contribution >= 4 is 11.6 Å². The van der Waals surface area contributed by atoms with E-state index >= 15 is 0 Å². The molecular formula is C17H27N3O2. The summed E-state index contributed by atoms with van der Waals surface area (Å²) >= 11 is 0. The van der Waals surface area contributed by atoms with Crippen LogP contribution in [0.3, 0.4) is 0 Å². The predicted octanol–water partition coefficient (Wildman–Crippen LogP) is 1.07. The van der Waals surface area contributed by atoms with Crippen LogP contribution in [-0.2, 0) is 11.3 Å². The lowest BCUT2D eigenvalue weighted by Crippen LogP contribution is -2.46. The third-order valence-electron chi connectivity index (χ3n) is 4.31. The van der Waals surface area contributed by atoms with E-state index in [1.807, 2.05) is 48.2 Å². The Bertz CT molecular complexity index is 487. The van der Waals surface area contributed by atoms with E-state index in [2.05, 4.69) is 12.2 Å². The first-order valence-corrected chi connectivity index (χ1v) is 7.89. The lowest BCUT2D eigenvalue weighted by Gasteiger charge is -2.33. The fourth-order valence-corrected chi connectivity index (χ4v) is 2.63. The molecule has 1 aromatic rings. The van der Waals surface area contributed by atoms with E-state index in [0.29, 0.717) is 25.6 Å². The van der Waals surface area contributed by atoms with Crippen LogP contribution in [0.2, 0.25) is 0 Å². The Morgan fingerprint density at radius 2 is 2.05 bits per heavy atom. The molecule has 1 aliphatic rings. The molecule has 2 N–H and O–H groups in total. The number of carbonyl (C=O) groups is 1. The van der Waals surface area contributed by atoms with Gasteiger partial charge >= 0.3 is 0 Å². The van der Waals surface area contributed by atoms with E-state index in [4.69, 9.17) is 0 Å². The molecular weight excluding hydrogens is 278 g/mol. The third-order valence-corrected chi connectivity index (χ3v) is 4.31. The first-order valence-electron chi connectivity index (χ1n) is 7.89. The topological polar surface area (TPSA) is 55.8 Å². The van der Waals surface area contributed by atoms with Gasteiger partial charge in [-0.05, 0) is 36.6 Å². The molecule has 0 spiro atoms. The highest BCUT2D eigenvalue weighted by atomic mass is 16.3. The maximum Gasteiger partial charge on any atom is 0.234 e. The molecule has 1 saturated heterocycles. The van der Waals surface area contributed by atoms with Crippen LogP contribution in [0.15, 0.2) is 24.3 Å². The summed E-state index contributed by atoms with van der Waals surface area (Å²) in [7, 11) is 4.01. The Kier molecular flexibility index (Phi) is 5.80. The second-order valence-corrected chi connectivity index (χ2v) is 6.41. The normalized spacial score (nSPS) is 22.4. The maximum atomic E-state index is 12.0. The van der Waals surface area contributed by atoms with E-state index in [9.17, 15) is 9.90 Å². The lowest BCUT2D eigenvalue weighted by molar-refractivity contribution is -0.123. The SMILES string of the molecule is CC1CCN(CC(=O)NCc2ccc(N(C)C)cc2)CC1O. The van der Waals surface area contributed by atoms with Crippen molar-refractivity contribution in [2.75, 3.05) is 38.6 Å². The van der Waals surface area contributed by atoms with Crippen molar-refractivity contribution in [2.24, 2.45) is 5.92 Å². The first kappa shape index (κ1) is 16.8. The summed E-state index contributed by atoms with van der Waals surface area (Å²) in [4.78, 5) is 16.1. The Balaban J connectivity index is 1.75. The van der Waals surface area contributed by atoms with Crippen molar-refractivity contribution in [2.45, 2.75) is 26.0 Å². The summed E-state index contributed by atoms with van der Waals surface area (Å²) in [6, 6.07) is 8.15. The molecule has 1 amide bonds. The van der Waals surface area contributed by atoms with Gasteiger partial charge in [-0.3, -0.25) is 9.69 Å². The van der Waals surface area contributed by atoms with Crippen LogP contribution >= 0.6 is 0 Å². The van der Waals surface area contributed by atoms with E-state index in [1.54, 1.807) is 0 Å². The molecule has 2 atom stereocenters. The number of aliphatic hydroxyl groups is 1. The van der Waals surface area contributed by atoms with Crippen LogP contribution < -0.4 is 10.2 Å². The third kappa shape index (κ3) is 4.71. The van der Waals surface area contributed by atoms with Gasteiger partial charge in [0.05, 0.1) is 12.6 Å². The second-order valence-electron chi connectivity index (χ2n) is 6.41. The summed E-state index contributed by atoms with van der Waals surface area (Å²) < 4.78 is 0. The van der Waals surface area contributed by atoms with Gasteiger partial charge in [-0.15, -0.1) is 0 Å². The second kappa shape index (κ2) is 7.61. The number of carbonyl (C=O) groups excluding carboxylic acids is 1. The van der Waals surface area contributed by atoms with Crippen LogP contribution in [-0.4, -0.2) is 55.7 Å². The van der Waals surface area contributed by atoms with Gasteiger partial charge in [0.1, 0.15) is 0 Å². The molecule has 0 radical (unpaired) electrons. The number of benzene rings is 1. The van der Waals surface area contributed by atoms with Gasteiger partial charge in [0.2, 0.25) is 5.91 Å². The number of amides is 1. The van der Waals surface area contributed by atoms with Crippen molar-refractivity contribution in [1.82, 2.24) is 10.2 Å². The number of hydrogen-bond donors (Lipinski definition) is 2. The molecule has 1 aromatic carbocycles. The molecule has 1 fully saturated rings. The van der Waals surface area contributed by atoms with Crippen LogP contribution in [0.4, 0.5) is 5.69 Å². The predicted molar refractivity (Wildman–Crippen MR) is 88.8 cm³/mol. The minimum absolute atomic E-state index is 0.0124. The number of β-amino-alcohol motifs (C(OH)–C–C–N with tert-alkyl or cyclic N) is 1. The lowest BCUT2D eigenvalue weighted by atomic mass is 9.96. The minimum Gasteiger partial charge on any atom is -0.392 e. The van der Waals surface area contributed by atoms with Gasteiger partial charge in [-0.25, -0.2) is 0 Å². The molecule has 22 heavy (non-hydrogen) atoms. The molecule has 0 bridgehead atoms. The van der Waals surface area contributed by atoms with Gasteiger partial charge < -0.3 is 15.3 Å². The van der Waals surface area contributed by atoms with Crippen molar-refractivity contribution in [1.29, 1.82) is 0 Å². The zero-order valence-corrected chi connectivity index (χ0v) is 13.7. The van der Waals surface area contributed by atoms with Gasteiger partial charge in [0.15, 0.2) is 0 Å². The Morgan fingerprint density at radius 3 is 2.64 bits per heavy atom. The van der Waals surface area contributed by atoms with Crippen molar-refractivity contribution in [3.05, 3.63) is 29.8 Å². The molecule has 1 heterocycles. The average molecular weight is 305 g/mol. The van der Waals surface area contributed by atoms with Crippen molar-refractivity contribution in [3.8, 4) is 0 Å². The van der Waals surface area contributed by atoms with Gasteiger partial charge in [0, 0.05) is 32.9 Å². The minimum atomic E-state index is -0.319. The fourth-order valence-electron chi connectivity index (χ4n) is 2.63. The summed E-state index contributed by atoms with van der Waals surface area (Å²) in [5.74, 6) is 0.341. The number of nitrogens with zero attached hydrogens (tertiary/aromatic N) is 2. The summed E-state index contributed by atoms with van der Waals surface area (Å²) in [6.45, 7) is 4.42. The fraction of sp³-hybridized carbons (Fsp3) is 0.588. The van der Waals surface area contributed by atoms with Gasteiger partial charge in [-0.1, -0.05) is 19.1 Å². The van der Waals surface area contributed by atoms with E-state index in [1.165, 1.54) is 0 Å². The molecule has 2 unspecified atom stereocenters. The summed E-state index contributed by atoms with van der Waals surface area (Å²) in [6.07, 6.45) is 0.626. The Morgan fingerprint density at radius 1 is 1.36 bits per heavy atom. The number of piperidine rings is 1. The molecule has 1 aliphatic heterocycles. The number of likely N-dealkylation sites (tertiary alicyclic amines) is 1.